The first kappa shape index (κ1) is 75.8. The quantitative estimate of drug-likeness (QED) is 0.0172. The van der Waals surface area contributed by atoms with Gasteiger partial charge in [-0.05, 0) is 152 Å². The molecule has 2 aromatic heterocycles. The number of aliphatic hydroxyl groups excluding tert-OH is 4. The summed E-state index contributed by atoms with van der Waals surface area (Å²) in [6.07, 6.45) is -3.29. The minimum atomic E-state index is -1.39. The van der Waals surface area contributed by atoms with Crippen molar-refractivity contribution in [1.82, 2.24) is 9.13 Å². The predicted molar refractivity (Wildman–Crippen MR) is 350 cm³/mol. The number of nitrogens with zero attached hydrogens (tertiary/aromatic N) is 2. The Morgan fingerprint density at radius 1 is 0.484 bits per heavy atom. The molecular weight excluding hydrogens is 1220 g/mol. The Kier molecular flexibility index (Phi) is 30.8. The van der Waals surface area contributed by atoms with E-state index >= 15 is 0 Å². The second kappa shape index (κ2) is 37.7. The second-order valence-electron chi connectivity index (χ2n) is 23.1. The molecule has 5 atom stereocenters. The Hall–Kier alpha value is -7.89. The van der Waals surface area contributed by atoms with E-state index < -0.39 is 72.8 Å². The zero-order chi connectivity index (χ0) is 67.0. The third kappa shape index (κ3) is 22.4. The third-order valence-corrected chi connectivity index (χ3v) is 15.2. The van der Waals surface area contributed by atoms with Gasteiger partial charge in [-0.15, -0.1) is 0 Å². The van der Waals surface area contributed by atoms with E-state index in [1.165, 1.54) is 24.3 Å². The van der Waals surface area contributed by atoms with Gasteiger partial charge in [0.25, 0.3) is 11.8 Å². The Morgan fingerprint density at radius 3 is 1.12 bits per heavy atom. The van der Waals surface area contributed by atoms with Gasteiger partial charge in [0.05, 0.1) is 59.4 Å². The molecule has 21 heteroatoms. The van der Waals surface area contributed by atoms with Crippen LogP contribution in [-0.4, -0.2) is 134 Å². The van der Waals surface area contributed by atoms with Crippen LogP contribution in [0, 0.1) is 11.6 Å². The summed E-state index contributed by atoms with van der Waals surface area (Å²) < 4.78 is 32.0. The summed E-state index contributed by atoms with van der Waals surface area (Å²) in [6.45, 7) is 9.28. The summed E-state index contributed by atoms with van der Waals surface area (Å²) in [5, 5.41) is 79.3. The maximum atomic E-state index is 14.0. The number of benzene rings is 6. The van der Waals surface area contributed by atoms with Crippen molar-refractivity contribution in [1.29, 1.82) is 0 Å². The van der Waals surface area contributed by atoms with E-state index in [1.807, 2.05) is 134 Å². The molecule has 0 fully saturated rings. The molecule has 0 radical (unpaired) electrons. The number of aliphatic carboxylic acids is 3. The number of carbonyl (C=O) groups excluding carboxylic acids is 5. The van der Waals surface area contributed by atoms with Gasteiger partial charge >= 0.3 is 37.7 Å². The van der Waals surface area contributed by atoms with Crippen LogP contribution in [0.15, 0.2) is 170 Å². The number of nitrogens with one attached hydrogen (secondary N) is 2. The number of carboxylic acid groups (broad SMARTS) is 3. The van der Waals surface area contributed by atoms with Crippen molar-refractivity contribution in [2.75, 3.05) is 17.2 Å². The van der Waals surface area contributed by atoms with Crippen LogP contribution in [0.4, 0.5) is 20.2 Å². The molecule has 0 unspecified atom stereocenters. The van der Waals surface area contributed by atoms with Crippen LogP contribution in [-0.2, 0) is 27.5 Å². The number of halogens is 2. The van der Waals surface area contributed by atoms with E-state index in [-0.39, 0.29) is 100 Å². The van der Waals surface area contributed by atoms with Crippen molar-refractivity contribution in [3.63, 3.8) is 0 Å². The Morgan fingerprint density at radius 2 is 0.817 bits per heavy atom. The van der Waals surface area contributed by atoms with Gasteiger partial charge in [-0.1, -0.05) is 125 Å². The number of anilines is 2. The number of aromatic nitrogens is 2. The first-order valence-corrected chi connectivity index (χ1v) is 30.7. The molecule has 8 aromatic rings. The fourth-order valence-electron chi connectivity index (χ4n) is 11.0. The SMILES string of the molecule is CC(C)c1c(C(=O)Nc2ccccc2)c(-c2ccccc2)c(-c2ccc(F)cc2)n1CC[C@@H](O)C[C@@H](O)CC(=O)[O-].CC(C)c1c(C(=O)Nc2ccccc2)c(-c2ccccc2)c(-c2ccc(F)cc2)n1CC[C@@H](O)C[C@@H](O)CC(=O)[O-].N[C@@H](CCCC[NH3+])C(=O)[O-].[Ca+2]. The first-order valence-electron chi connectivity index (χ1n) is 30.7. The zero-order valence-corrected chi connectivity index (χ0v) is 55.1. The number of unbranched alkanes of at least 4 members (excludes halogenated alkanes) is 1. The number of nitrogens with two attached hydrogens (primary N) is 1. The van der Waals surface area contributed by atoms with Gasteiger partial charge in [0.15, 0.2) is 0 Å². The van der Waals surface area contributed by atoms with Crippen molar-refractivity contribution in [2.45, 2.75) is 141 Å². The van der Waals surface area contributed by atoms with Crippen molar-refractivity contribution < 1.29 is 74.2 Å². The Bertz CT molecular complexity index is 3420. The Labute approximate surface area is 570 Å². The van der Waals surface area contributed by atoms with Crippen LogP contribution in [0.3, 0.4) is 0 Å². The van der Waals surface area contributed by atoms with Crippen molar-refractivity contribution in [3.8, 4) is 44.8 Å². The molecule has 18 nitrogen and oxygen atoms in total. The molecular formula is C72H82CaF2N6O12. The number of aliphatic hydroxyl groups is 4. The van der Waals surface area contributed by atoms with E-state index in [0.717, 1.165) is 41.9 Å². The van der Waals surface area contributed by atoms with Gasteiger partial charge in [0.1, 0.15) is 11.6 Å². The summed E-state index contributed by atoms with van der Waals surface area (Å²) in [5.41, 5.74) is 18.2. The molecule has 0 saturated carbocycles. The van der Waals surface area contributed by atoms with Gasteiger partial charge in [-0.3, -0.25) is 9.59 Å². The number of hydrogen-bond donors (Lipinski definition) is 8. The van der Waals surface area contributed by atoms with Crippen molar-refractivity contribution in [2.24, 2.45) is 5.73 Å². The average molecular weight is 1300 g/mol. The molecule has 8 rings (SSSR count). The van der Waals surface area contributed by atoms with Crippen LogP contribution < -0.4 is 37.4 Å². The van der Waals surface area contributed by atoms with E-state index in [2.05, 4.69) is 16.4 Å². The Balaban J connectivity index is 0.000000291. The van der Waals surface area contributed by atoms with Crippen molar-refractivity contribution >= 4 is 78.8 Å². The minimum Gasteiger partial charge on any atom is -0.550 e. The fraction of sp³-hybridized carbons (Fsp3) is 0.319. The van der Waals surface area contributed by atoms with Crippen LogP contribution in [0.25, 0.3) is 44.8 Å². The molecule has 488 valence electrons. The summed E-state index contributed by atoms with van der Waals surface area (Å²) >= 11 is 0. The maximum absolute atomic E-state index is 14.0. The monoisotopic (exact) mass is 1300 g/mol. The van der Waals surface area contributed by atoms with Gasteiger partial charge < -0.3 is 81.4 Å². The van der Waals surface area contributed by atoms with Gasteiger partial charge in [0, 0.05) is 77.8 Å². The number of hydrogen-bond acceptors (Lipinski definition) is 13. The first-order chi connectivity index (χ1) is 44.0. The number of carbonyl (C=O) groups is 5. The average Bonchev–Trinajstić information content (AvgIpc) is 1.60. The molecule has 2 heterocycles. The fourth-order valence-corrected chi connectivity index (χ4v) is 11.0. The van der Waals surface area contributed by atoms with Crippen molar-refractivity contribution in [3.05, 3.63) is 204 Å². The number of amides is 2. The maximum Gasteiger partial charge on any atom is 2.00 e. The molecule has 11 N–H and O–H groups in total. The normalized spacial score (nSPS) is 12.6. The molecule has 2 amide bonds. The van der Waals surface area contributed by atoms with Gasteiger partial charge in [-0.25, -0.2) is 8.78 Å². The molecule has 0 spiro atoms. The largest absolute Gasteiger partial charge is 2.00 e. The summed E-state index contributed by atoms with van der Waals surface area (Å²) in [4.78, 5) is 59.9. The molecule has 0 aliphatic carbocycles. The number of para-hydroxylation sites is 2. The third-order valence-electron chi connectivity index (χ3n) is 15.2. The van der Waals surface area contributed by atoms with Gasteiger partial charge in [-0.2, -0.15) is 0 Å². The molecule has 0 saturated heterocycles. The number of rotatable bonds is 29. The molecule has 93 heavy (non-hydrogen) atoms. The molecule has 6 aromatic carbocycles. The molecule has 0 aliphatic rings. The second-order valence-corrected chi connectivity index (χ2v) is 23.1. The van der Waals surface area contributed by atoms with E-state index in [1.54, 1.807) is 48.5 Å². The van der Waals surface area contributed by atoms with Gasteiger partial charge in [0.2, 0.25) is 0 Å². The zero-order valence-electron chi connectivity index (χ0n) is 52.9. The summed E-state index contributed by atoms with van der Waals surface area (Å²) in [6, 6.07) is 48.6. The standard InChI is InChI=1S/2C33H35FN2O5.C6H14N2O2.Ca/c2*1-21(2)31-30(33(41)35-25-11-7-4-8-12-25)29(22-9-5-3-6-10-22)32(23-13-15-24(34)16-14-23)36(31)18-17-26(37)19-27(38)20-28(39)40;7-4-2-1-3-5(8)6(9)10;/h2*3-16,21,26-27,37-38H,17-20H2,1-2H3,(H,35,41)(H,39,40);5H,1-4,7-8H2,(H,9,10);/q;;;+2/p-2/t2*26-,27-;5-;/m110./s1. The van der Waals surface area contributed by atoms with Crippen LogP contribution in [0.1, 0.15) is 129 Å². The summed E-state index contributed by atoms with van der Waals surface area (Å²) in [5.74, 6) is -5.57. The smallest absolute Gasteiger partial charge is 0.550 e. The number of carboxylic acids is 3. The predicted octanol–water partition coefficient (Wildman–Crippen LogP) is 7.05. The summed E-state index contributed by atoms with van der Waals surface area (Å²) in [7, 11) is 0. The van der Waals surface area contributed by atoms with E-state index in [0.29, 0.717) is 62.6 Å². The van der Waals surface area contributed by atoms with Crippen LogP contribution in [0.5, 0.6) is 0 Å². The van der Waals surface area contributed by atoms with Crippen LogP contribution >= 0.6 is 0 Å². The molecule has 0 aliphatic heterocycles. The van der Waals surface area contributed by atoms with Crippen LogP contribution in [0.2, 0.25) is 0 Å². The van der Waals surface area contributed by atoms with E-state index in [4.69, 9.17) is 5.73 Å². The minimum absolute atomic E-state index is 0. The molecule has 0 bridgehead atoms. The van der Waals surface area contributed by atoms with E-state index in [9.17, 15) is 68.5 Å². The topological polar surface area (TPSA) is 323 Å². The number of quaternary nitrogens is 1.